The standard InChI is InChI=1S/C12H11FN2O2S/c1-15(7-9-3-2-4-18-9)11-10(12(16)17)5-8(13)6-14-11/h2-6H,7H2,1H3,(H,16,17). The smallest absolute Gasteiger partial charge is 0.339 e. The quantitative estimate of drug-likeness (QED) is 0.924. The Labute approximate surface area is 107 Å². The Kier molecular flexibility index (Phi) is 3.57. The molecule has 0 aliphatic rings. The van der Waals surface area contributed by atoms with Crippen LogP contribution in [0.15, 0.2) is 29.8 Å². The number of aromatic carboxylic acids is 1. The van der Waals surface area contributed by atoms with E-state index in [1.165, 1.54) is 0 Å². The molecule has 2 aromatic heterocycles. The first kappa shape index (κ1) is 12.5. The zero-order chi connectivity index (χ0) is 13.1. The molecular weight excluding hydrogens is 255 g/mol. The van der Waals surface area contributed by atoms with E-state index in [0.717, 1.165) is 17.1 Å². The van der Waals surface area contributed by atoms with Crippen molar-refractivity contribution in [2.45, 2.75) is 6.54 Å². The summed E-state index contributed by atoms with van der Waals surface area (Å²) < 4.78 is 13.0. The Balaban J connectivity index is 2.29. The molecule has 0 amide bonds. The number of halogens is 1. The van der Waals surface area contributed by atoms with Gasteiger partial charge in [0.1, 0.15) is 17.2 Å². The lowest BCUT2D eigenvalue weighted by Crippen LogP contribution is -2.20. The number of rotatable bonds is 4. The Bertz CT molecular complexity index is 557. The van der Waals surface area contributed by atoms with E-state index in [1.807, 2.05) is 17.5 Å². The van der Waals surface area contributed by atoms with Gasteiger partial charge >= 0.3 is 5.97 Å². The van der Waals surface area contributed by atoms with Crippen LogP contribution in [0.3, 0.4) is 0 Å². The molecule has 0 aromatic carbocycles. The number of hydrogen-bond acceptors (Lipinski definition) is 4. The van der Waals surface area contributed by atoms with Crippen LogP contribution in [-0.2, 0) is 6.54 Å². The molecule has 0 radical (unpaired) electrons. The molecule has 4 nitrogen and oxygen atoms in total. The summed E-state index contributed by atoms with van der Waals surface area (Å²) in [4.78, 5) is 17.7. The molecule has 0 atom stereocenters. The molecule has 6 heteroatoms. The highest BCUT2D eigenvalue weighted by Crippen LogP contribution is 2.20. The maximum absolute atomic E-state index is 13.0. The van der Waals surface area contributed by atoms with Gasteiger partial charge in [-0.05, 0) is 17.5 Å². The van der Waals surface area contributed by atoms with Gasteiger partial charge in [-0.15, -0.1) is 11.3 Å². The van der Waals surface area contributed by atoms with Gasteiger partial charge in [0.05, 0.1) is 12.7 Å². The first-order valence-electron chi connectivity index (χ1n) is 5.20. The number of carboxylic acids is 1. The van der Waals surface area contributed by atoms with E-state index >= 15 is 0 Å². The molecule has 2 rings (SSSR count). The number of pyridine rings is 1. The number of thiophene rings is 1. The first-order chi connectivity index (χ1) is 8.58. The van der Waals surface area contributed by atoms with Crippen molar-refractivity contribution in [2.24, 2.45) is 0 Å². The number of aromatic nitrogens is 1. The second-order valence-electron chi connectivity index (χ2n) is 3.77. The Morgan fingerprint density at radius 3 is 3.00 bits per heavy atom. The van der Waals surface area contributed by atoms with Crippen molar-refractivity contribution in [2.75, 3.05) is 11.9 Å². The second-order valence-corrected chi connectivity index (χ2v) is 4.80. The molecule has 0 saturated carbocycles. The molecule has 0 saturated heterocycles. The lowest BCUT2D eigenvalue weighted by Gasteiger charge is -2.19. The van der Waals surface area contributed by atoms with E-state index in [1.54, 1.807) is 23.3 Å². The van der Waals surface area contributed by atoms with Crippen molar-refractivity contribution < 1.29 is 14.3 Å². The fourth-order valence-electron chi connectivity index (χ4n) is 1.60. The van der Waals surface area contributed by atoms with E-state index < -0.39 is 11.8 Å². The lowest BCUT2D eigenvalue weighted by atomic mass is 10.2. The summed E-state index contributed by atoms with van der Waals surface area (Å²) in [5.41, 5.74) is -0.131. The highest BCUT2D eigenvalue weighted by Gasteiger charge is 2.16. The highest BCUT2D eigenvalue weighted by atomic mass is 32.1. The maximum Gasteiger partial charge on any atom is 0.339 e. The largest absolute Gasteiger partial charge is 0.478 e. The van der Waals surface area contributed by atoms with Gasteiger partial charge in [0.25, 0.3) is 0 Å². The summed E-state index contributed by atoms with van der Waals surface area (Å²) in [6.07, 6.45) is 1.02. The van der Waals surface area contributed by atoms with E-state index in [4.69, 9.17) is 5.11 Å². The van der Waals surface area contributed by atoms with Crippen molar-refractivity contribution in [1.29, 1.82) is 0 Å². The molecule has 0 aliphatic carbocycles. The number of nitrogens with zero attached hydrogens (tertiary/aromatic N) is 2. The van der Waals surface area contributed by atoms with Gasteiger partial charge in [-0.3, -0.25) is 0 Å². The van der Waals surface area contributed by atoms with E-state index in [2.05, 4.69) is 4.98 Å². The third-order valence-electron chi connectivity index (χ3n) is 2.40. The van der Waals surface area contributed by atoms with Crippen LogP contribution >= 0.6 is 11.3 Å². The number of carboxylic acid groups (broad SMARTS) is 1. The highest BCUT2D eigenvalue weighted by molar-refractivity contribution is 7.09. The third-order valence-corrected chi connectivity index (χ3v) is 3.26. The van der Waals surface area contributed by atoms with Crippen molar-refractivity contribution >= 4 is 23.1 Å². The predicted molar refractivity (Wildman–Crippen MR) is 67.6 cm³/mol. The Hall–Kier alpha value is -1.95. The fourth-order valence-corrected chi connectivity index (χ4v) is 2.36. The third kappa shape index (κ3) is 2.65. The van der Waals surface area contributed by atoms with E-state index in [0.29, 0.717) is 6.54 Å². The Morgan fingerprint density at radius 1 is 1.61 bits per heavy atom. The minimum absolute atomic E-state index is 0.131. The molecule has 0 aliphatic heterocycles. The minimum Gasteiger partial charge on any atom is -0.478 e. The summed E-state index contributed by atoms with van der Waals surface area (Å²) in [6, 6.07) is 4.85. The van der Waals surface area contributed by atoms with Crippen LogP contribution < -0.4 is 4.90 Å². The van der Waals surface area contributed by atoms with Crippen molar-refractivity contribution in [3.05, 3.63) is 46.0 Å². The van der Waals surface area contributed by atoms with Gasteiger partial charge in [0.2, 0.25) is 0 Å². The molecule has 1 N–H and O–H groups in total. The number of carbonyl (C=O) groups is 1. The molecule has 2 heterocycles. The predicted octanol–water partition coefficient (Wildman–Crippen LogP) is 2.62. The molecule has 0 spiro atoms. The zero-order valence-corrected chi connectivity index (χ0v) is 10.4. The number of anilines is 1. The van der Waals surface area contributed by atoms with Gasteiger partial charge in [0, 0.05) is 11.9 Å². The van der Waals surface area contributed by atoms with E-state index in [-0.39, 0.29) is 11.4 Å². The number of hydrogen-bond donors (Lipinski definition) is 1. The summed E-state index contributed by atoms with van der Waals surface area (Å²) in [7, 11) is 1.73. The average Bonchev–Trinajstić information content (AvgIpc) is 2.81. The van der Waals surface area contributed by atoms with Gasteiger partial charge in [-0.1, -0.05) is 6.07 Å². The summed E-state index contributed by atoms with van der Waals surface area (Å²) >= 11 is 1.57. The molecule has 18 heavy (non-hydrogen) atoms. The van der Waals surface area contributed by atoms with Crippen LogP contribution in [0.2, 0.25) is 0 Å². The summed E-state index contributed by atoms with van der Waals surface area (Å²) in [5.74, 6) is -1.58. The van der Waals surface area contributed by atoms with Crippen molar-refractivity contribution in [3.63, 3.8) is 0 Å². The van der Waals surface area contributed by atoms with Crippen molar-refractivity contribution in [3.8, 4) is 0 Å². The minimum atomic E-state index is -1.19. The SMILES string of the molecule is CN(Cc1cccs1)c1ncc(F)cc1C(=O)O. The van der Waals surface area contributed by atoms with E-state index in [9.17, 15) is 9.18 Å². The monoisotopic (exact) mass is 266 g/mol. The van der Waals surface area contributed by atoms with Crippen LogP contribution in [0.25, 0.3) is 0 Å². The molecular formula is C12H11FN2O2S. The van der Waals surface area contributed by atoms with Crippen LogP contribution in [-0.4, -0.2) is 23.1 Å². The zero-order valence-electron chi connectivity index (χ0n) is 9.63. The van der Waals surface area contributed by atoms with Crippen LogP contribution in [0.5, 0.6) is 0 Å². The van der Waals surface area contributed by atoms with Gasteiger partial charge in [0.15, 0.2) is 0 Å². The summed E-state index contributed by atoms with van der Waals surface area (Å²) in [6.45, 7) is 0.538. The van der Waals surface area contributed by atoms with Crippen LogP contribution in [0.4, 0.5) is 10.2 Å². The van der Waals surface area contributed by atoms with Crippen molar-refractivity contribution in [1.82, 2.24) is 4.98 Å². The van der Waals surface area contributed by atoms with Gasteiger partial charge in [-0.2, -0.15) is 0 Å². The normalized spacial score (nSPS) is 10.3. The topological polar surface area (TPSA) is 53.4 Å². The Morgan fingerprint density at radius 2 is 2.39 bits per heavy atom. The molecule has 94 valence electrons. The summed E-state index contributed by atoms with van der Waals surface area (Å²) in [5, 5.41) is 11.0. The molecule has 0 bridgehead atoms. The molecule has 0 unspecified atom stereocenters. The van der Waals surface area contributed by atoms with Crippen LogP contribution in [0.1, 0.15) is 15.2 Å². The van der Waals surface area contributed by atoms with Crippen LogP contribution in [0, 0.1) is 5.82 Å². The molecule has 2 aromatic rings. The lowest BCUT2D eigenvalue weighted by molar-refractivity contribution is 0.0696. The fraction of sp³-hybridized carbons (Fsp3) is 0.167. The average molecular weight is 266 g/mol. The first-order valence-corrected chi connectivity index (χ1v) is 6.08. The maximum atomic E-state index is 13.0. The van der Waals surface area contributed by atoms with Gasteiger partial charge < -0.3 is 10.0 Å². The molecule has 0 fully saturated rings. The second kappa shape index (κ2) is 5.14. The van der Waals surface area contributed by atoms with Gasteiger partial charge in [-0.25, -0.2) is 14.2 Å².